The molecule has 2 aromatic carbocycles. The summed E-state index contributed by atoms with van der Waals surface area (Å²) in [7, 11) is 0. The molecule has 1 saturated heterocycles. The Morgan fingerprint density at radius 2 is 1.61 bits per heavy atom. The summed E-state index contributed by atoms with van der Waals surface area (Å²) in [6.07, 6.45) is 1.72. The summed E-state index contributed by atoms with van der Waals surface area (Å²) in [5.74, 6) is 0.151. The van der Waals surface area contributed by atoms with Gasteiger partial charge in [0.15, 0.2) is 0 Å². The summed E-state index contributed by atoms with van der Waals surface area (Å²) in [6, 6.07) is 12.7. The number of anilines is 2. The molecule has 0 bridgehead atoms. The van der Waals surface area contributed by atoms with E-state index in [4.69, 9.17) is 28.9 Å². The van der Waals surface area contributed by atoms with E-state index in [-0.39, 0.29) is 18.5 Å². The number of piperidine rings is 1. The van der Waals surface area contributed by atoms with Crippen LogP contribution in [0.2, 0.25) is 10.0 Å². The third-order valence-corrected chi connectivity index (χ3v) is 5.46. The fourth-order valence-electron chi connectivity index (χ4n) is 3.27. The van der Waals surface area contributed by atoms with E-state index in [9.17, 15) is 9.59 Å². The number of hydrogen-bond acceptors (Lipinski definition) is 3. The van der Waals surface area contributed by atoms with Gasteiger partial charge in [-0.2, -0.15) is 0 Å². The van der Waals surface area contributed by atoms with Crippen molar-refractivity contribution in [1.82, 2.24) is 4.90 Å². The van der Waals surface area contributed by atoms with Gasteiger partial charge in [0.2, 0.25) is 5.91 Å². The minimum Gasteiger partial charge on any atom is -0.325 e. The van der Waals surface area contributed by atoms with Crippen LogP contribution < -0.4 is 16.4 Å². The van der Waals surface area contributed by atoms with Gasteiger partial charge in [-0.3, -0.25) is 4.79 Å². The van der Waals surface area contributed by atoms with Crippen molar-refractivity contribution in [3.8, 4) is 0 Å². The first kappa shape index (κ1) is 20.5. The quantitative estimate of drug-likeness (QED) is 0.688. The second kappa shape index (κ2) is 9.28. The zero-order valence-corrected chi connectivity index (χ0v) is 16.8. The Bertz CT molecular complexity index is 830. The molecule has 0 atom stereocenters. The Balaban J connectivity index is 1.55. The minimum atomic E-state index is -0.217. The van der Waals surface area contributed by atoms with E-state index in [0.717, 1.165) is 18.5 Å². The van der Waals surface area contributed by atoms with Crippen LogP contribution in [-0.4, -0.2) is 36.5 Å². The van der Waals surface area contributed by atoms with Gasteiger partial charge >= 0.3 is 6.03 Å². The molecular weight excluding hydrogens is 399 g/mol. The van der Waals surface area contributed by atoms with Gasteiger partial charge in [-0.1, -0.05) is 41.4 Å². The number of carbonyl (C=O) groups excluding carboxylic acids is 2. The Kier molecular flexibility index (Phi) is 6.78. The Morgan fingerprint density at radius 1 is 1.00 bits per heavy atom. The molecule has 3 rings (SSSR count). The van der Waals surface area contributed by atoms with Gasteiger partial charge < -0.3 is 21.3 Å². The van der Waals surface area contributed by atoms with Crippen LogP contribution in [0.1, 0.15) is 24.3 Å². The highest BCUT2D eigenvalue weighted by Crippen LogP contribution is 2.32. The molecule has 0 unspecified atom stereocenters. The van der Waals surface area contributed by atoms with E-state index in [1.807, 2.05) is 24.3 Å². The fraction of sp³-hybridized carbons (Fsp3) is 0.300. The van der Waals surface area contributed by atoms with Crippen LogP contribution in [0.3, 0.4) is 0 Å². The fourth-order valence-corrected chi connectivity index (χ4v) is 3.76. The smallest absolute Gasteiger partial charge is 0.321 e. The molecule has 1 aliphatic heterocycles. The van der Waals surface area contributed by atoms with E-state index < -0.39 is 0 Å². The molecule has 0 spiro atoms. The first-order valence-electron chi connectivity index (χ1n) is 9.07. The van der Waals surface area contributed by atoms with Crippen molar-refractivity contribution in [1.29, 1.82) is 0 Å². The lowest BCUT2D eigenvalue weighted by molar-refractivity contribution is -0.114. The van der Waals surface area contributed by atoms with Crippen LogP contribution in [0.5, 0.6) is 0 Å². The van der Waals surface area contributed by atoms with Crippen molar-refractivity contribution in [3.05, 3.63) is 58.1 Å². The third-order valence-electron chi connectivity index (χ3n) is 4.83. The Morgan fingerprint density at radius 3 is 2.18 bits per heavy atom. The predicted molar refractivity (Wildman–Crippen MR) is 113 cm³/mol. The molecule has 0 aromatic heterocycles. The van der Waals surface area contributed by atoms with E-state index >= 15 is 0 Å². The number of carbonyl (C=O) groups is 2. The summed E-state index contributed by atoms with van der Waals surface area (Å²) >= 11 is 12.2. The van der Waals surface area contributed by atoms with Crippen LogP contribution in [0.25, 0.3) is 0 Å². The number of nitrogens with zero attached hydrogens (tertiary/aromatic N) is 1. The number of nitrogens with two attached hydrogens (primary N) is 1. The summed E-state index contributed by atoms with van der Waals surface area (Å²) in [5.41, 5.74) is 7.67. The first-order valence-corrected chi connectivity index (χ1v) is 9.83. The Hall–Kier alpha value is -2.28. The monoisotopic (exact) mass is 420 g/mol. The Labute approximate surface area is 174 Å². The largest absolute Gasteiger partial charge is 0.325 e. The zero-order chi connectivity index (χ0) is 20.1. The minimum absolute atomic E-state index is 0.0400. The number of nitrogens with one attached hydrogen (secondary N) is 2. The van der Waals surface area contributed by atoms with Gasteiger partial charge in [0.25, 0.3) is 0 Å². The van der Waals surface area contributed by atoms with E-state index in [1.165, 1.54) is 5.56 Å². The summed E-state index contributed by atoms with van der Waals surface area (Å²) in [4.78, 5) is 25.7. The maximum atomic E-state index is 12.5. The topological polar surface area (TPSA) is 87.5 Å². The molecule has 2 aromatic rings. The van der Waals surface area contributed by atoms with Crippen LogP contribution in [-0.2, 0) is 4.79 Å². The summed E-state index contributed by atoms with van der Waals surface area (Å²) in [6.45, 7) is 1.25. The molecule has 0 radical (unpaired) electrons. The maximum Gasteiger partial charge on any atom is 0.321 e. The standard InChI is InChI=1S/C20H22Cl2N4O2/c21-16-2-1-3-17(22)19(16)25-20(28)26-10-8-14(9-11-26)13-4-6-15(7-5-13)24-18(27)12-23/h1-7,14H,8-12,23H2,(H,24,27)(H,25,28). The van der Waals surface area contributed by atoms with Crippen LogP contribution in [0, 0.1) is 0 Å². The number of urea groups is 1. The number of benzene rings is 2. The third kappa shape index (κ3) is 4.95. The van der Waals surface area contributed by atoms with Crippen LogP contribution >= 0.6 is 23.2 Å². The second-order valence-electron chi connectivity index (χ2n) is 6.66. The first-order chi connectivity index (χ1) is 13.5. The number of likely N-dealkylation sites (tertiary alicyclic amines) is 1. The molecule has 6 nitrogen and oxygen atoms in total. The molecular formula is C20H22Cl2N4O2. The average Bonchev–Trinajstić information content (AvgIpc) is 2.71. The molecule has 1 aliphatic rings. The van der Waals surface area contributed by atoms with Gasteiger partial charge in [0.05, 0.1) is 22.3 Å². The van der Waals surface area contributed by atoms with Gasteiger partial charge in [-0.15, -0.1) is 0 Å². The van der Waals surface area contributed by atoms with E-state index in [0.29, 0.717) is 34.7 Å². The van der Waals surface area contributed by atoms with Crippen molar-refractivity contribution >= 4 is 46.5 Å². The molecule has 1 fully saturated rings. The molecule has 1 heterocycles. The van der Waals surface area contributed by atoms with Crippen LogP contribution in [0.4, 0.5) is 16.2 Å². The average molecular weight is 421 g/mol. The second-order valence-corrected chi connectivity index (χ2v) is 7.48. The van der Waals surface area contributed by atoms with Gasteiger partial charge in [0.1, 0.15) is 0 Å². The summed E-state index contributed by atoms with van der Waals surface area (Å²) in [5, 5.41) is 6.36. The van der Waals surface area contributed by atoms with E-state index in [2.05, 4.69) is 10.6 Å². The zero-order valence-electron chi connectivity index (χ0n) is 15.3. The molecule has 0 saturated carbocycles. The lowest BCUT2D eigenvalue weighted by Crippen LogP contribution is -2.40. The highest BCUT2D eigenvalue weighted by molar-refractivity contribution is 6.39. The van der Waals surface area contributed by atoms with Crippen molar-refractivity contribution in [2.75, 3.05) is 30.3 Å². The molecule has 3 amide bonds. The highest BCUT2D eigenvalue weighted by Gasteiger charge is 2.24. The van der Waals surface area contributed by atoms with Gasteiger partial charge in [-0.05, 0) is 48.6 Å². The van der Waals surface area contributed by atoms with E-state index in [1.54, 1.807) is 23.1 Å². The maximum absolute atomic E-state index is 12.5. The van der Waals surface area contributed by atoms with Crippen molar-refractivity contribution in [2.24, 2.45) is 5.73 Å². The van der Waals surface area contributed by atoms with Crippen molar-refractivity contribution in [3.63, 3.8) is 0 Å². The normalized spacial score (nSPS) is 14.6. The van der Waals surface area contributed by atoms with Crippen molar-refractivity contribution in [2.45, 2.75) is 18.8 Å². The lowest BCUT2D eigenvalue weighted by Gasteiger charge is -2.32. The number of para-hydroxylation sites is 1. The SMILES string of the molecule is NCC(=O)Nc1ccc(C2CCN(C(=O)Nc3c(Cl)cccc3Cl)CC2)cc1. The predicted octanol–water partition coefficient (Wildman–Crippen LogP) is 4.30. The molecule has 148 valence electrons. The van der Waals surface area contributed by atoms with Gasteiger partial charge in [-0.25, -0.2) is 4.79 Å². The summed E-state index contributed by atoms with van der Waals surface area (Å²) < 4.78 is 0. The van der Waals surface area contributed by atoms with Gasteiger partial charge in [0, 0.05) is 18.8 Å². The van der Waals surface area contributed by atoms with Crippen molar-refractivity contribution < 1.29 is 9.59 Å². The lowest BCUT2D eigenvalue weighted by atomic mass is 9.89. The molecule has 4 N–H and O–H groups in total. The number of hydrogen-bond donors (Lipinski definition) is 3. The highest BCUT2D eigenvalue weighted by atomic mass is 35.5. The molecule has 28 heavy (non-hydrogen) atoms. The molecule has 8 heteroatoms. The number of rotatable bonds is 4. The van der Waals surface area contributed by atoms with Crippen LogP contribution in [0.15, 0.2) is 42.5 Å². The number of amides is 3. The number of halogens is 2. The molecule has 0 aliphatic carbocycles.